The smallest absolute Gasteiger partial charge is 0.340 e. The summed E-state index contributed by atoms with van der Waals surface area (Å²) in [5.74, 6) is -0.716. The average molecular weight is 194 g/mol. The van der Waals surface area contributed by atoms with Gasteiger partial charge in [0.05, 0.1) is 12.7 Å². The lowest BCUT2D eigenvalue weighted by molar-refractivity contribution is 0.0595. The fourth-order valence-electron chi connectivity index (χ4n) is 1.53. The first-order valence-corrected chi connectivity index (χ1v) is 4.60. The van der Waals surface area contributed by atoms with E-state index < -0.39 is 11.8 Å². The highest BCUT2D eigenvalue weighted by Gasteiger charge is 2.28. The minimum atomic E-state index is -0.606. The molecule has 0 unspecified atom stereocenters. The number of ether oxygens (including phenoxy) is 1. The maximum Gasteiger partial charge on any atom is 0.340 e. The molecule has 0 saturated heterocycles. The van der Waals surface area contributed by atoms with Gasteiger partial charge in [-0.1, -0.05) is 12.1 Å². The second-order valence-electron chi connectivity index (χ2n) is 3.47. The summed E-state index contributed by atoms with van der Waals surface area (Å²) in [6.07, 6.45) is 2.03. The number of carbonyl (C=O) groups excluding carboxylic acids is 1. The van der Waals surface area contributed by atoms with Gasteiger partial charge in [0.2, 0.25) is 0 Å². The molecule has 1 aliphatic carbocycles. The zero-order valence-electron chi connectivity index (χ0n) is 7.92. The highest BCUT2D eigenvalue weighted by molar-refractivity contribution is 5.89. The van der Waals surface area contributed by atoms with Crippen molar-refractivity contribution in [3.8, 4) is 0 Å². The van der Waals surface area contributed by atoms with Crippen molar-refractivity contribution in [2.45, 2.75) is 18.8 Å². The Balaban J connectivity index is 2.40. The largest absolute Gasteiger partial charge is 0.465 e. The molecule has 2 nitrogen and oxygen atoms in total. The van der Waals surface area contributed by atoms with Crippen molar-refractivity contribution in [1.82, 2.24) is 0 Å². The Morgan fingerprint density at radius 1 is 1.50 bits per heavy atom. The number of halogens is 1. The van der Waals surface area contributed by atoms with Crippen molar-refractivity contribution >= 4 is 5.97 Å². The average Bonchev–Trinajstić information content (AvgIpc) is 3.01. The fourth-order valence-corrected chi connectivity index (χ4v) is 1.53. The Morgan fingerprint density at radius 2 is 2.21 bits per heavy atom. The van der Waals surface area contributed by atoms with Crippen LogP contribution in [0.3, 0.4) is 0 Å². The van der Waals surface area contributed by atoms with Crippen molar-refractivity contribution in [3.05, 3.63) is 35.1 Å². The van der Waals surface area contributed by atoms with Crippen LogP contribution in [0.4, 0.5) is 4.39 Å². The molecular formula is C11H11FO2. The van der Waals surface area contributed by atoms with Gasteiger partial charge in [0, 0.05) is 0 Å². The number of rotatable bonds is 2. The van der Waals surface area contributed by atoms with E-state index in [9.17, 15) is 9.18 Å². The molecule has 0 aromatic heterocycles. The minimum absolute atomic E-state index is 0.0388. The number of methoxy groups -OCH3 is 1. The van der Waals surface area contributed by atoms with Gasteiger partial charge in [-0.25, -0.2) is 9.18 Å². The van der Waals surface area contributed by atoms with Crippen LogP contribution in [-0.4, -0.2) is 13.1 Å². The number of esters is 1. The first kappa shape index (κ1) is 9.19. The highest BCUT2D eigenvalue weighted by atomic mass is 19.1. The summed E-state index contributed by atoms with van der Waals surface area (Å²) < 4.78 is 18.2. The molecule has 0 heterocycles. The van der Waals surface area contributed by atoms with Gasteiger partial charge in [0.1, 0.15) is 5.82 Å². The molecule has 0 amide bonds. The van der Waals surface area contributed by atoms with E-state index >= 15 is 0 Å². The van der Waals surface area contributed by atoms with Gasteiger partial charge in [0.15, 0.2) is 0 Å². The third-order valence-corrected chi connectivity index (χ3v) is 2.45. The van der Waals surface area contributed by atoms with Crippen LogP contribution < -0.4 is 0 Å². The van der Waals surface area contributed by atoms with E-state index in [0.29, 0.717) is 11.5 Å². The lowest BCUT2D eigenvalue weighted by Crippen LogP contribution is -2.06. The van der Waals surface area contributed by atoms with E-state index in [4.69, 9.17) is 0 Å². The molecule has 14 heavy (non-hydrogen) atoms. The Bertz CT molecular complexity index is 370. The standard InChI is InChI=1S/C11H11FO2/c1-14-11(13)9-4-2-3-8(10(9)12)7-5-6-7/h2-4,7H,5-6H2,1H3. The second-order valence-corrected chi connectivity index (χ2v) is 3.47. The van der Waals surface area contributed by atoms with Crippen LogP contribution in [-0.2, 0) is 4.74 Å². The zero-order valence-corrected chi connectivity index (χ0v) is 7.92. The van der Waals surface area contributed by atoms with Crippen LogP contribution in [0.5, 0.6) is 0 Å². The predicted molar refractivity (Wildman–Crippen MR) is 49.7 cm³/mol. The van der Waals surface area contributed by atoms with Gasteiger partial charge in [-0.3, -0.25) is 0 Å². The summed E-state index contributed by atoms with van der Waals surface area (Å²) in [7, 11) is 1.26. The number of hydrogen-bond acceptors (Lipinski definition) is 2. The minimum Gasteiger partial charge on any atom is -0.465 e. The van der Waals surface area contributed by atoms with E-state index in [-0.39, 0.29) is 5.56 Å². The lowest BCUT2D eigenvalue weighted by atomic mass is 10.1. The highest BCUT2D eigenvalue weighted by Crippen LogP contribution is 2.41. The normalized spacial score (nSPS) is 15.3. The van der Waals surface area contributed by atoms with Crippen LogP contribution in [0.25, 0.3) is 0 Å². The zero-order chi connectivity index (χ0) is 10.1. The second kappa shape index (κ2) is 3.40. The van der Waals surface area contributed by atoms with Gasteiger partial charge in [-0.05, 0) is 30.4 Å². The Labute approximate surface area is 81.7 Å². The topological polar surface area (TPSA) is 26.3 Å². The van der Waals surface area contributed by atoms with Crippen LogP contribution in [0.15, 0.2) is 18.2 Å². The molecule has 1 aromatic carbocycles. The van der Waals surface area contributed by atoms with Crippen molar-refractivity contribution in [2.75, 3.05) is 7.11 Å². The summed E-state index contributed by atoms with van der Waals surface area (Å²) >= 11 is 0. The predicted octanol–water partition coefficient (Wildman–Crippen LogP) is 2.49. The summed E-state index contributed by atoms with van der Waals surface area (Å²) in [6.45, 7) is 0. The summed E-state index contributed by atoms with van der Waals surface area (Å²) in [4.78, 5) is 11.2. The van der Waals surface area contributed by atoms with E-state index in [2.05, 4.69) is 4.74 Å². The van der Waals surface area contributed by atoms with E-state index in [1.165, 1.54) is 13.2 Å². The molecule has 1 saturated carbocycles. The molecule has 0 radical (unpaired) electrons. The Morgan fingerprint density at radius 3 is 2.79 bits per heavy atom. The molecule has 0 bridgehead atoms. The lowest BCUT2D eigenvalue weighted by Gasteiger charge is -2.05. The molecule has 3 heteroatoms. The SMILES string of the molecule is COC(=O)c1cccc(C2CC2)c1F. The molecule has 74 valence electrons. The van der Waals surface area contributed by atoms with Gasteiger partial charge in [-0.15, -0.1) is 0 Å². The van der Waals surface area contributed by atoms with Crippen LogP contribution in [0.1, 0.15) is 34.7 Å². The van der Waals surface area contributed by atoms with Crippen molar-refractivity contribution in [3.63, 3.8) is 0 Å². The van der Waals surface area contributed by atoms with Crippen LogP contribution >= 0.6 is 0 Å². The Kier molecular flexibility index (Phi) is 2.23. The van der Waals surface area contributed by atoms with Crippen LogP contribution in [0, 0.1) is 5.82 Å². The third-order valence-electron chi connectivity index (χ3n) is 2.45. The molecule has 0 aliphatic heterocycles. The molecule has 1 aromatic rings. The Hall–Kier alpha value is -1.38. The monoisotopic (exact) mass is 194 g/mol. The molecule has 2 rings (SSSR count). The quantitative estimate of drug-likeness (QED) is 0.676. The first-order valence-electron chi connectivity index (χ1n) is 4.60. The number of carbonyl (C=O) groups is 1. The van der Waals surface area contributed by atoms with Crippen molar-refractivity contribution in [1.29, 1.82) is 0 Å². The number of hydrogen-bond donors (Lipinski definition) is 0. The van der Waals surface area contributed by atoms with Gasteiger partial charge < -0.3 is 4.74 Å². The fraction of sp³-hybridized carbons (Fsp3) is 0.364. The third kappa shape index (κ3) is 1.50. The summed E-state index contributed by atoms with van der Waals surface area (Å²) in [6, 6.07) is 4.88. The summed E-state index contributed by atoms with van der Waals surface area (Å²) in [5.41, 5.74) is 0.685. The molecule has 1 aliphatic rings. The van der Waals surface area contributed by atoms with Gasteiger partial charge in [0.25, 0.3) is 0 Å². The molecular weight excluding hydrogens is 183 g/mol. The van der Waals surface area contributed by atoms with Crippen LogP contribution in [0.2, 0.25) is 0 Å². The summed E-state index contributed by atoms with van der Waals surface area (Å²) in [5, 5.41) is 0. The molecule has 0 spiro atoms. The van der Waals surface area contributed by atoms with E-state index in [1.807, 2.05) is 0 Å². The maximum atomic E-state index is 13.7. The molecule has 0 atom stereocenters. The van der Waals surface area contributed by atoms with Crippen molar-refractivity contribution < 1.29 is 13.9 Å². The van der Waals surface area contributed by atoms with Crippen molar-refractivity contribution in [2.24, 2.45) is 0 Å². The van der Waals surface area contributed by atoms with Gasteiger partial charge in [-0.2, -0.15) is 0 Å². The maximum absolute atomic E-state index is 13.7. The number of benzene rings is 1. The van der Waals surface area contributed by atoms with Gasteiger partial charge >= 0.3 is 5.97 Å². The molecule has 1 fully saturated rings. The first-order chi connectivity index (χ1) is 6.74. The van der Waals surface area contributed by atoms with E-state index in [1.54, 1.807) is 12.1 Å². The molecule has 0 N–H and O–H groups in total. The van der Waals surface area contributed by atoms with E-state index in [0.717, 1.165) is 12.8 Å².